The first-order chi connectivity index (χ1) is 11.5. The van der Waals surface area contributed by atoms with Crippen molar-refractivity contribution in [3.8, 4) is 11.3 Å². The molecule has 0 aliphatic carbocycles. The van der Waals surface area contributed by atoms with E-state index in [9.17, 15) is 9.59 Å². The molecule has 0 aliphatic heterocycles. The van der Waals surface area contributed by atoms with Crippen molar-refractivity contribution in [2.45, 2.75) is 13.8 Å². The van der Waals surface area contributed by atoms with Crippen molar-refractivity contribution in [1.82, 2.24) is 4.98 Å². The zero-order valence-electron chi connectivity index (χ0n) is 13.3. The van der Waals surface area contributed by atoms with E-state index in [4.69, 9.17) is 15.2 Å². The number of nitrogens with zero attached hydrogens (tertiary/aromatic N) is 1. The maximum absolute atomic E-state index is 12.4. The van der Waals surface area contributed by atoms with Crippen LogP contribution in [-0.4, -0.2) is 30.1 Å². The highest BCUT2D eigenvalue weighted by Gasteiger charge is 2.29. The van der Waals surface area contributed by atoms with Gasteiger partial charge in [-0.05, 0) is 29.8 Å². The summed E-state index contributed by atoms with van der Waals surface area (Å²) in [4.78, 5) is 28.9. The third kappa shape index (κ3) is 3.56. The Labute approximate surface area is 148 Å². The summed E-state index contributed by atoms with van der Waals surface area (Å²) >= 11 is 3.24. The second kappa shape index (κ2) is 7.92. The molecule has 0 saturated heterocycles. The van der Waals surface area contributed by atoms with Crippen molar-refractivity contribution in [2.24, 2.45) is 0 Å². The van der Waals surface area contributed by atoms with Gasteiger partial charge in [-0.25, -0.2) is 14.6 Å². The minimum absolute atomic E-state index is 0.0347. The number of anilines is 1. The molecule has 2 aromatic rings. The van der Waals surface area contributed by atoms with Crippen molar-refractivity contribution in [3.05, 3.63) is 46.1 Å². The largest absolute Gasteiger partial charge is 0.462 e. The van der Waals surface area contributed by atoms with Gasteiger partial charge in [-0.15, -0.1) is 0 Å². The summed E-state index contributed by atoms with van der Waals surface area (Å²) in [5, 5.41) is 0. The summed E-state index contributed by atoms with van der Waals surface area (Å²) in [5.74, 6) is -1.38. The molecule has 0 spiro atoms. The Balaban J connectivity index is 2.72. The van der Waals surface area contributed by atoms with Crippen molar-refractivity contribution in [1.29, 1.82) is 0 Å². The van der Waals surface area contributed by atoms with E-state index >= 15 is 0 Å². The Kier molecular flexibility index (Phi) is 5.92. The lowest BCUT2D eigenvalue weighted by Crippen LogP contribution is -2.19. The van der Waals surface area contributed by atoms with Crippen LogP contribution in [0.25, 0.3) is 11.3 Å². The summed E-state index contributed by atoms with van der Waals surface area (Å²) < 4.78 is 10.2. The molecule has 0 fully saturated rings. The van der Waals surface area contributed by atoms with E-state index in [0.29, 0.717) is 5.69 Å². The Bertz CT molecular complexity index is 763. The molecule has 126 valence electrons. The first kappa shape index (κ1) is 17.9. The van der Waals surface area contributed by atoms with Gasteiger partial charge in [0.2, 0.25) is 0 Å². The Morgan fingerprint density at radius 1 is 1.04 bits per heavy atom. The number of hydrogen-bond donors (Lipinski definition) is 1. The number of ether oxygens (including phenoxy) is 2. The van der Waals surface area contributed by atoms with Gasteiger partial charge in [-0.3, -0.25) is 0 Å². The molecule has 2 N–H and O–H groups in total. The molecule has 0 aliphatic rings. The molecule has 0 amide bonds. The summed E-state index contributed by atoms with van der Waals surface area (Å²) in [7, 11) is 0. The molecule has 1 aromatic heterocycles. The number of pyridine rings is 1. The lowest BCUT2D eigenvalue weighted by Gasteiger charge is -2.15. The molecule has 24 heavy (non-hydrogen) atoms. The van der Waals surface area contributed by atoms with E-state index in [1.165, 1.54) is 0 Å². The number of hydrogen-bond acceptors (Lipinski definition) is 6. The van der Waals surface area contributed by atoms with Crippen LogP contribution in [0.3, 0.4) is 0 Å². The van der Waals surface area contributed by atoms with Gasteiger partial charge in [0.05, 0.1) is 24.6 Å². The quantitative estimate of drug-likeness (QED) is 0.618. The van der Waals surface area contributed by atoms with Gasteiger partial charge in [0, 0.05) is 5.56 Å². The summed E-state index contributed by atoms with van der Waals surface area (Å²) in [6.45, 7) is 3.66. The van der Waals surface area contributed by atoms with Gasteiger partial charge >= 0.3 is 11.9 Å². The first-order valence-electron chi connectivity index (χ1n) is 7.39. The molecule has 0 bridgehead atoms. The van der Waals surface area contributed by atoms with Gasteiger partial charge in [-0.1, -0.05) is 30.3 Å². The fourth-order valence-electron chi connectivity index (χ4n) is 2.19. The highest BCUT2D eigenvalue weighted by atomic mass is 79.9. The Hall–Kier alpha value is -2.41. The van der Waals surface area contributed by atoms with E-state index in [1.807, 2.05) is 30.3 Å². The van der Waals surface area contributed by atoms with Crippen molar-refractivity contribution < 1.29 is 19.1 Å². The van der Waals surface area contributed by atoms with Gasteiger partial charge in [0.1, 0.15) is 15.7 Å². The number of halogens is 1. The summed E-state index contributed by atoms with van der Waals surface area (Å²) in [6.07, 6.45) is 0. The lowest BCUT2D eigenvalue weighted by atomic mass is 10.0. The van der Waals surface area contributed by atoms with Crippen molar-refractivity contribution in [3.63, 3.8) is 0 Å². The molecule has 1 aromatic carbocycles. The SMILES string of the molecule is CCOC(=O)c1c(Br)nc(-c2ccccc2)c(N)c1C(=O)OCC. The number of nitrogen functional groups attached to an aromatic ring is 1. The number of aromatic nitrogens is 1. The van der Waals surface area contributed by atoms with Crippen LogP contribution in [0.1, 0.15) is 34.6 Å². The average Bonchev–Trinajstić information content (AvgIpc) is 2.57. The van der Waals surface area contributed by atoms with Gasteiger partial charge in [0.15, 0.2) is 0 Å². The predicted molar refractivity (Wildman–Crippen MR) is 93.7 cm³/mol. The van der Waals surface area contributed by atoms with Crippen LogP contribution in [0, 0.1) is 0 Å². The Morgan fingerprint density at radius 3 is 2.12 bits per heavy atom. The second-order valence-electron chi connectivity index (χ2n) is 4.72. The third-order valence-corrected chi connectivity index (χ3v) is 3.77. The van der Waals surface area contributed by atoms with E-state index in [1.54, 1.807) is 13.8 Å². The van der Waals surface area contributed by atoms with Crippen LogP contribution in [-0.2, 0) is 9.47 Å². The fraction of sp³-hybridized carbons (Fsp3) is 0.235. The van der Waals surface area contributed by atoms with Crippen LogP contribution < -0.4 is 5.73 Å². The summed E-state index contributed by atoms with van der Waals surface area (Å²) in [5.41, 5.74) is 7.26. The van der Waals surface area contributed by atoms with Crippen molar-refractivity contribution >= 4 is 33.6 Å². The van der Waals surface area contributed by atoms with E-state index in [2.05, 4.69) is 20.9 Å². The molecule has 0 unspecified atom stereocenters. The van der Waals surface area contributed by atoms with Gasteiger partial charge < -0.3 is 15.2 Å². The number of esters is 2. The highest BCUT2D eigenvalue weighted by molar-refractivity contribution is 9.10. The smallest absolute Gasteiger partial charge is 0.341 e. The highest BCUT2D eigenvalue weighted by Crippen LogP contribution is 2.33. The lowest BCUT2D eigenvalue weighted by molar-refractivity contribution is 0.0478. The van der Waals surface area contributed by atoms with Crippen LogP contribution >= 0.6 is 15.9 Å². The molecule has 0 radical (unpaired) electrons. The van der Waals surface area contributed by atoms with Gasteiger partial charge in [0.25, 0.3) is 0 Å². The number of nitrogens with two attached hydrogens (primary N) is 1. The van der Waals surface area contributed by atoms with Crippen LogP contribution in [0.2, 0.25) is 0 Å². The van der Waals surface area contributed by atoms with E-state index in [0.717, 1.165) is 5.56 Å². The average molecular weight is 393 g/mol. The molecular formula is C17H17BrN2O4. The van der Waals surface area contributed by atoms with Crippen LogP contribution in [0.4, 0.5) is 5.69 Å². The zero-order chi connectivity index (χ0) is 17.7. The van der Waals surface area contributed by atoms with E-state index < -0.39 is 11.9 Å². The molecule has 7 heteroatoms. The number of benzene rings is 1. The second-order valence-corrected chi connectivity index (χ2v) is 5.47. The fourth-order valence-corrected chi connectivity index (χ4v) is 2.73. The van der Waals surface area contributed by atoms with Crippen molar-refractivity contribution in [2.75, 3.05) is 18.9 Å². The molecule has 1 heterocycles. The Morgan fingerprint density at radius 2 is 1.58 bits per heavy atom. The third-order valence-electron chi connectivity index (χ3n) is 3.20. The molecule has 0 atom stereocenters. The standard InChI is InChI=1S/C17H17BrN2O4/c1-3-23-16(21)11-12(17(22)24-4-2)15(18)20-14(13(11)19)10-8-6-5-7-9-10/h5-9H,3-4,19H2,1-2H3. The number of carbonyl (C=O) groups is 2. The topological polar surface area (TPSA) is 91.5 Å². The predicted octanol–water partition coefficient (Wildman–Crippen LogP) is 3.45. The molecule has 2 rings (SSSR count). The maximum atomic E-state index is 12.4. The number of carbonyl (C=O) groups excluding carboxylic acids is 2. The number of rotatable bonds is 5. The minimum Gasteiger partial charge on any atom is -0.462 e. The summed E-state index contributed by atoms with van der Waals surface area (Å²) in [6, 6.07) is 9.13. The molecular weight excluding hydrogens is 376 g/mol. The van der Waals surface area contributed by atoms with E-state index in [-0.39, 0.29) is 34.6 Å². The zero-order valence-corrected chi connectivity index (χ0v) is 14.9. The van der Waals surface area contributed by atoms with Gasteiger partial charge in [-0.2, -0.15) is 0 Å². The van der Waals surface area contributed by atoms with Crippen LogP contribution in [0.15, 0.2) is 34.9 Å². The normalized spacial score (nSPS) is 10.3. The minimum atomic E-state index is -0.696. The molecule has 6 nitrogen and oxygen atoms in total. The monoisotopic (exact) mass is 392 g/mol. The maximum Gasteiger partial charge on any atom is 0.341 e. The first-order valence-corrected chi connectivity index (χ1v) is 8.19. The van der Waals surface area contributed by atoms with Crippen LogP contribution in [0.5, 0.6) is 0 Å². The molecule has 0 saturated carbocycles.